The SMILES string of the molecule is COC[C@H](CC(=O)OC)C(OC)OC. The molecule has 0 aromatic heterocycles. The van der Waals surface area contributed by atoms with E-state index in [0.717, 1.165) is 0 Å². The summed E-state index contributed by atoms with van der Waals surface area (Å²) in [6, 6.07) is 0. The van der Waals surface area contributed by atoms with Crippen LogP contribution in [-0.2, 0) is 23.7 Å². The van der Waals surface area contributed by atoms with E-state index in [4.69, 9.17) is 14.2 Å². The van der Waals surface area contributed by atoms with Gasteiger partial charge in [-0.1, -0.05) is 0 Å². The predicted octanol–water partition coefficient (Wildman–Crippen LogP) is 0.431. The lowest BCUT2D eigenvalue weighted by molar-refractivity contribution is -0.164. The highest BCUT2D eigenvalue weighted by atomic mass is 16.7. The van der Waals surface area contributed by atoms with E-state index in [1.54, 1.807) is 7.11 Å². The molecule has 0 saturated carbocycles. The molecule has 5 nitrogen and oxygen atoms in total. The van der Waals surface area contributed by atoms with Crippen LogP contribution >= 0.6 is 0 Å². The third-order valence-corrected chi connectivity index (χ3v) is 1.89. The van der Waals surface area contributed by atoms with Gasteiger partial charge in [0.05, 0.1) is 20.1 Å². The van der Waals surface area contributed by atoms with Crippen molar-refractivity contribution in [2.75, 3.05) is 35.0 Å². The molecule has 14 heavy (non-hydrogen) atoms. The average molecular weight is 206 g/mol. The molecule has 84 valence electrons. The van der Waals surface area contributed by atoms with E-state index in [1.165, 1.54) is 21.3 Å². The van der Waals surface area contributed by atoms with E-state index in [1.807, 2.05) is 0 Å². The van der Waals surface area contributed by atoms with Crippen LogP contribution in [0.3, 0.4) is 0 Å². The monoisotopic (exact) mass is 206 g/mol. The molecule has 0 fully saturated rings. The second-order valence-corrected chi connectivity index (χ2v) is 2.84. The summed E-state index contributed by atoms with van der Waals surface area (Å²) in [5, 5.41) is 0. The Labute approximate surface area is 84.3 Å². The van der Waals surface area contributed by atoms with Crippen LogP contribution in [-0.4, -0.2) is 47.3 Å². The van der Waals surface area contributed by atoms with E-state index < -0.39 is 6.29 Å². The second kappa shape index (κ2) is 7.73. The lowest BCUT2D eigenvalue weighted by Gasteiger charge is -2.22. The molecule has 0 aliphatic carbocycles. The highest BCUT2D eigenvalue weighted by molar-refractivity contribution is 5.69. The van der Waals surface area contributed by atoms with Gasteiger partial charge in [0.2, 0.25) is 0 Å². The number of ether oxygens (including phenoxy) is 4. The van der Waals surface area contributed by atoms with E-state index >= 15 is 0 Å². The minimum atomic E-state index is -0.450. The Bertz CT molecular complexity index is 155. The number of hydrogen-bond acceptors (Lipinski definition) is 5. The maximum Gasteiger partial charge on any atom is 0.306 e. The first kappa shape index (κ1) is 13.4. The first-order valence-corrected chi connectivity index (χ1v) is 4.30. The van der Waals surface area contributed by atoms with Gasteiger partial charge in [-0.2, -0.15) is 0 Å². The molecule has 0 bridgehead atoms. The topological polar surface area (TPSA) is 54.0 Å². The summed E-state index contributed by atoms with van der Waals surface area (Å²) in [4.78, 5) is 11.0. The first-order valence-electron chi connectivity index (χ1n) is 4.30. The summed E-state index contributed by atoms with van der Waals surface area (Å²) in [6.07, 6.45) is -0.231. The molecule has 0 aromatic carbocycles. The number of carbonyl (C=O) groups is 1. The van der Waals surface area contributed by atoms with Gasteiger partial charge in [0.15, 0.2) is 6.29 Å². The van der Waals surface area contributed by atoms with Crippen LogP contribution in [0.25, 0.3) is 0 Å². The largest absolute Gasteiger partial charge is 0.469 e. The maximum absolute atomic E-state index is 11.0. The second-order valence-electron chi connectivity index (χ2n) is 2.84. The lowest BCUT2D eigenvalue weighted by Crippen LogP contribution is -2.30. The summed E-state index contributed by atoms with van der Waals surface area (Å²) in [5.41, 5.74) is 0. The molecule has 0 N–H and O–H groups in total. The summed E-state index contributed by atoms with van der Waals surface area (Å²) in [5.74, 6) is -0.450. The lowest BCUT2D eigenvalue weighted by atomic mass is 10.1. The van der Waals surface area contributed by atoms with Crippen LogP contribution in [0.2, 0.25) is 0 Å². The van der Waals surface area contributed by atoms with Gasteiger partial charge in [-0.25, -0.2) is 0 Å². The molecule has 0 radical (unpaired) electrons. The number of carbonyl (C=O) groups excluding carboxylic acids is 1. The number of esters is 1. The fraction of sp³-hybridized carbons (Fsp3) is 0.889. The highest BCUT2D eigenvalue weighted by Gasteiger charge is 2.24. The minimum absolute atomic E-state index is 0.151. The molecule has 5 heteroatoms. The minimum Gasteiger partial charge on any atom is -0.469 e. The van der Waals surface area contributed by atoms with Crippen molar-refractivity contribution in [1.29, 1.82) is 0 Å². The average Bonchev–Trinajstić information content (AvgIpc) is 2.19. The standard InChI is InChI=1S/C9H18O5/c1-11-6-7(5-8(10)12-2)9(13-3)14-4/h7,9H,5-6H2,1-4H3/t7-/m0/s1. The van der Waals surface area contributed by atoms with Crippen molar-refractivity contribution >= 4 is 5.97 Å². The predicted molar refractivity (Wildman–Crippen MR) is 49.8 cm³/mol. The van der Waals surface area contributed by atoms with E-state index in [-0.39, 0.29) is 18.3 Å². The van der Waals surface area contributed by atoms with Gasteiger partial charge in [-0.15, -0.1) is 0 Å². The molecule has 0 aliphatic rings. The Hall–Kier alpha value is -0.650. The van der Waals surface area contributed by atoms with Gasteiger partial charge < -0.3 is 18.9 Å². The van der Waals surface area contributed by atoms with Gasteiger partial charge in [0.25, 0.3) is 0 Å². The Kier molecular flexibility index (Phi) is 7.37. The van der Waals surface area contributed by atoms with Crippen LogP contribution in [0.4, 0.5) is 0 Å². The number of hydrogen-bond donors (Lipinski definition) is 0. The van der Waals surface area contributed by atoms with Crippen molar-refractivity contribution in [3.05, 3.63) is 0 Å². The molecule has 0 rings (SSSR count). The summed E-state index contributed by atoms with van der Waals surface area (Å²) in [7, 11) is 5.95. The van der Waals surface area contributed by atoms with Gasteiger partial charge in [-0.05, 0) is 0 Å². The Morgan fingerprint density at radius 3 is 2.07 bits per heavy atom. The van der Waals surface area contributed by atoms with E-state index in [9.17, 15) is 4.79 Å². The van der Waals surface area contributed by atoms with Gasteiger partial charge in [0, 0.05) is 27.2 Å². The van der Waals surface area contributed by atoms with Crippen LogP contribution in [0.15, 0.2) is 0 Å². The summed E-state index contributed by atoms with van der Waals surface area (Å²) in [6.45, 7) is 0.390. The molecule has 0 aliphatic heterocycles. The van der Waals surface area contributed by atoms with Crippen LogP contribution in [0, 0.1) is 5.92 Å². The van der Waals surface area contributed by atoms with Gasteiger partial charge in [-0.3, -0.25) is 4.79 Å². The Balaban J connectivity index is 4.17. The molecule has 0 spiro atoms. The van der Waals surface area contributed by atoms with Gasteiger partial charge in [0.1, 0.15) is 0 Å². The van der Waals surface area contributed by atoms with Crippen molar-refractivity contribution < 1.29 is 23.7 Å². The van der Waals surface area contributed by atoms with Crippen molar-refractivity contribution in [3.63, 3.8) is 0 Å². The third-order valence-electron chi connectivity index (χ3n) is 1.89. The normalized spacial score (nSPS) is 12.9. The van der Waals surface area contributed by atoms with Crippen LogP contribution < -0.4 is 0 Å². The molecule has 0 heterocycles. The summed E-state index contributed by atoms with van der Waals surface area (Å²) < 4.78 is 19.6. The van der Waals surface area contributed by atoms with Crippen molar-refractivity contribution in [2.24, 2.45) is 5.92 Å². The van der Waals surface area contributed by atoms with Crippen LogP contribution in [0.5, 0.6) is 0 Å². The van der Waals surface area contributed by atoms with E-state index in [0.29, 0.717) is 6.61 Å². The third kappa shape index (κ3) is 4.55. The Morgan fingerprint density at radius 1 is 1.14 bits per heavy atom. The molecule has 0 unspecified atom stereocenters. The van der Waals surface area contributed by atoms with Crippen molar-refractivity contribution in [3.8, 4) is 0 Å². The molecule has 0 amide bonds. The van der Waals surface area contributed by atoms with Crippen molar-refractivity contribution in [2.45, 2.75) is 12.7 Å². The smallest absolute Gasteiger partial charge is 0.306 e. The zero-order chi connectivity index (χ0) is 11.0. The Morgan fingerprint density at radius 2 is 1.71 bits per heavy atom. The molecule has 0 saturated heterocycles. The van der Waals surface area contributed by atoms with Crippen LogP contribution in [0.1, 0.15) is 6.42 Å². The fourth-order valence-corrected chi connectivity index (χ4v) is 1.23. The molecule has 1 atom stereocenters. The van der Waals surface area contributed by atoms with Crippen molar-refractivity contribution in [1.82, 2.24) is 0 Å². The number of methoxy groups -OCH3 is 4. The fourth-order valence-electron chi connectivity index (χ4n) is 1.23. The molecule has 0 aromatic rings. The van der Waals surface area contributed by atoms with E-state index in [2.05, 4.69) is 4.74 Å². The zero-order valence-corrected chi connectivity index (χ0v) is 9.11. The number of rotatable bonds is 7. The summed E-state index contributed by atoms with van der Waals surface area (Å²) >= 11 is 0. The first-order chi connectivity index (χ1) is 6.69. The van der Waals surface area contributed by atoms with Gasteiger partial charge >= 0.3 is 5.97 Å². The maximum atomic E-state index is 11.0. The highest BCUT2D eigenvalue weighted by Crippen LogP contribution is 2.14. The zero-order valence-electron chi connectivity index (χ0n) is 9.11. The quantitative estimate of drug-likeness (QED) is 0.446. The molecular weight excluding hydrogens is 188 g/mol. The molecular formula is C9H18O5.